The third-order valence-electron chi connectivity index (χ3n) is 19.9. The summed E-state index contributed by atoms with van der Waals surface area (Å²) in [5.74, 6) is 0. The predicted molar refractivity (Wildman–Crippen MR) is 346 cm³/mol. The summed E-state index contributed by atoms with van der Waals surface area (Å²) in [7, 11) is 0. The summed E-state index contributed by atoms with van der Waals surface area (Å²) in [4.78, 5) is 7.78. The SMILES string of the molecule is Cc1cc2c3c(c1)N(c1ccc(C(C)(C)C)cc1)c1c(sc4cc5c(cc14)C(C)(C)CCC5(C)C)B3c1ccc(N(c3ccccc3)c3cccc4c3oc3ccccc34)cc1N2c1ccc2c(c1)C1(CCCCC1)c1ccccc1-2. The van der Waals surface area contributed by atoms with E-state index in [0.29, 0.717) is 0 Å². The molecular weight excluding hydrogens is 1000 g/mol. The van der Waals surface area contributed by atoms with Crippen molar-refractivity contribution in [2.75, 3.05) is 14.7 Å². The smallest absolute Gasteiger partial charge is 0.264 e. The van der Waals surface area contributed by atoms with Crippen LogP contribution in [-0.2, 0) is 21.7 Å². The van der Waals surface area contributed by atoms with Crippen LogP contribution < -0.4 is 30.4 Å². The molecular formula is C75H68BN3OS. The fraction of sp³-hybridized carbons (Fsp3) is 0.253. The zero-order valence-electron chi connectivity index (χ0n) is 48.0. The van der Waals surface area contributed by atoms with Gasteiger partial charge in [0.1, 0.15) is 5.58 Å². The van der Waals surface area contributed by atoms with Gasteiger partial charge in [0, 0.05) is 70.9 Å². The highest BCUT2D eigenvalue weighted by molar-refractivity contribution is 7.33. The van der Waals surface area contributed by atoms with E-state index in [1.54, 1.807) is 0 Å². The summed E-state index contributed by atoms with van der Waals surface area (Å²) in [6.07, 6.45) is 8.50. The van der Waals surface area contributed by atoms with Crippen LogP contribution in [0, 0.1) is 6.92 Å². The summed E-state index contributed by atoms with van der Waals surface area (Å²) in [6.45, 7) is 19.2. The van der Waals surface area contributed by atoms with Crippen LogP contribution in [0.15, 0.2) is 186 Å². The Labute approximate surface area is 481 Å². The van der Waals surface area contributed by atoms with E-state index in [4.69, 9.17) is 4.42 Å². The van der Waals surface area contributed by atoms with E-state index >= 15 is 0 Å². The minimum atomic E-state index is -0.0289. The minimum absolute atomic E-state index is 0.00508. The molecule has 5 aliphatic rings. The first kappa shape index (κ1) is 49.1. The van der Waals surface area contributed by atoms with Gasteiger partial charge in [0.25, 0.3) is 6.71 Å². The molecule has 0 bridgehead atoms. The third-order valence-corrected chi connectivity index (χ3v) is 21.1. The first-order valence-corrected chi connectivity index (χ1v) is 30.6. The highest BCUT2D eigenvalue weighted by Gasteiger charge is 2.49. The van der Waals surface area contributed by atoms with E-state index in [0.717, 1.165) is 39.0 Å². The molecule has 1 fully saturated rings. The Kier molecular flexibility index (Phi) is 10.5. The summed E-state index contributed by atoms with van der Waals surface area (Å²) >= 11 is 2.03. The number of rotatable bonds is 5. The molecule has 0 radical (unpaired) electrons. The van der Waals surface area contributed by atoms with Crippen LogP contribution in [-0.4, -0.2) is 6.71 Å². The van der Waals surface area contributed by atoms with Gasteiger partial charge < -0.3 is 19.1 Å². The van der Waals surface area contributed by atoms with Crippen molar-refractivity contribution in [2.45, 2.75) is 122 Å². The number of hydrogen-bond acceptors (Lipinski definition) is 5. The molecule has 0 saturated heterocycles. The molecule has 6 heteroatoms. The van der Waals surface area contributed by atoms with E-state index in [9.17, 15) is 0 Å². The Morgan fingerprint density at radius 1 is 0.531 bits per heavy atom. The molecule has 4 heterocycles. The van der Waals surface area contributed by atoms with Gasteiger partial charge in [-0.3, -0.25) is 0 Å². The average molecular weight is 1070 g/mol. The molecule has 4 nitrogen and oxygen atoms in total. The molecule has 2 aliphatic heterocycles. The van der Waals surface area contributed by atoms with Crippen LogP contribution in [0.4, 0.5) is 51.2 Å². The molecule has 9 aromatic carbocycles. The molecule has 81 heavy (non-hydrogen) atoms. The second-order valence-corrected chi connectivity index (χ2v) is 27.8. The molecule has 0 unspecified atom stereocenters. The molecule has 1 saturated carbocycles. The van der Waals surface area contributed by atoms with Crippen LogP contribution in [0.1, 0.15) is 127 Å². The Hall–Kier alpha value is -7.80. The van der Waals surface area contributed by atoms with Gasteiger partial charge in [0.2, 0.25) is 0 Å². The molecule has 11 aromatic rings. The Balaban J connectivity index is 0.993. The lowest BCUT2D eigenvalue weighted by molar-refractivity contribution is 0.332. The van der Waals surface area contributed by atoms with Crippen molar-refractivity contribution in [2.24, 2.45) is 0 Å². The molecule has 0 amide bonds. The van der Waals surface area contributed by atoms with Crippen LogP contribution >= 0.6 is 11.3 Å². The van der Waals surface area contributed by atoms with Crippen LogP contribution in [0.3, 0.4) is 0 Å². The van der Waals surface area contributed by atoms with Gasteiger partial charge >= 0.3 is 0 Å². The van der Waals surface area contributed by atoms with E-state index in [1.807, 2.05) is 11.3 Å². The first-order chi connectivity index (χ1) is 39.2. The number of benzene rings is 9. The number of fused-ring (bicyclic) bond motifs is 15. The van der Waals surface area contributed by atoms with Gasteiger partial charge in [0.15, 0.2) is 5.58 Å². The van der Waals surface area contributed by atoms with Crippen molar-refractivity contribution in [1.29, 1.82) is 0 Å². The quantitative estimate of drug-likeness (QED) is 0.160. The summed E-state index contributed by atoms with van der Waals surface area (Å²) < 4.78 is 9.68. The van der Waals surface area contributed by atoms with Crippen molar-refractivity contribution < 1.29 is 4.42 Å². The van der Waals surface area contributed by atoms with E-state index < -0.39 is 0 Å². The van der Waals surface area contributed by atoms with Gasteiger partial charge in [-0.05, 0) is 189 Å². The van der Waals surface area contributed by atoms with Gasteiger partial charge in [-0.1, -0.05) is 165 Å². The lowest BCUT2D eigenvalue weighted by atomic mass is 9.36. The lowest BCUT2D eigenvalue weighted by Gasteiger charge is -2.44. The zero-order valence-corrected chi connectivity index (χ0v) is 48.8. The van der Waals surface area contributed by atoms with Gasteiger partial charge in [-0.15, -0.1) is 11.3 Å². The zero-order chi connectivity index (χ0) is 54.9. The molecule has 1 spiro atoms. The maximum atomic E-state index is 6.89. The number of thiophene rings is 1. The number of para-hydroxylation sites is 3. The topological polar surface area (TPSA) is 22.9 Å². The number of aryl methyl sites for hydroxylation is 1. The van der Waals surface area contributed by atoms with Crippen molar-refractivity contribution >= 4 is 117 Å². The normalized spacial score (nSPS) is 17.0. The van der Waals surface area contributed by atoms with Crippen molar-refractivity contribution in [3.8, 4) is 11.1 Å². The van der Waals surface area contributed by atoms with Crippen molar-refractivity contribution in [1.82, 2.24) is 0 Å². The predicted octanol–water partition coefficient (Wildman–Crippen LogP) is 19.5. The molecule has 3 aliphatic carbocycles. The number of hydrogen-bond donors (Lipinski definition) is 0. The maximum Gasteiger partial charge on any atom is 0.264 e. The van der Waals surface area contributed by atoms with Crippen molar-refractivity contribution in [3.63, 3.8) is 0 Å². The molecule has 0 N–H and O–H groups in total. The monoisotopic (exact) mass is 1070 g/mol. The van der Waals surface area contributed by atoms with E-state index in [1.165, 1.54) is 149 Å². The molecule has 0 atom stereocenters. The molecule has 16 rings (SSSR count). The number of furan rings is 1. The standard InChI is InChI=1S/C75H68BN3OS/c1-46-40-64-68-65(41-46)79(49-30-28-47(29-31-49)72(2,3)4)69-56-44-59-60(74(7,8)39-38-73(59,5)6)45-67(56)81-71(69)76(68)61-35-33-51(77(48-20-11-9-12-21-48)62-26-19-24-55-54-23-14-16-27-66(54)80-70(55)62)43-63(61)78(64)50-32-34-53-52-22-13-15-25-57(52)75(58(53)42-50)36-17-10-18-37-75/h9,11-16,19-35,40-45H,10,17-18,36-39H2,1-8H3. The van der Waals surface area contributed by atoms with Crippen molar-refractivity contribution in [3.05, 3.63) is 215 Å². The maximum absolute atomic E-state index is 6.89. The van der Waals surface area contributed by atoms with Gasteiger partial charge in [0.05, 0.1) is 11.4 Å². The second kappa shape index (κ2) is 17.4. The molecule has 2 aromatic heterocycles. The summed E-state index contributed by atoms with van der Waals surface area (Å²) in [5, 5.41) is 3.60. The fourth-order valence-electron chi connectivity index (χ4n) is 15.6. The van der Waals surface area contributed by atoms with Crippen LogP contribution in [0.2, 0.25) is 0 Å². The van der Waals surface area contributed by atoms with Crippen LogP contribution in [0.25, 0.3) is 43.2 Å². The van der Waals surface area contributed by atoms with E-state index in [-0.39, 0.29) is 28.4 Å². The second-order valence-electron chi connectivity index (χ2n) is 26.7. The highest BCUT2D eigenvalue weighted by atomic mass is 32.1. The Bertz CT molecular complexity index is 4410. The lowest BCUT2D eigenvalue weighted by Crippen LogP contribution is -2.60. The molecule has 398 valence electrons. The minimum Gasteiger partial charge on any atom is -0.454 e. The summed E-state index contributed by atoms with van der Waals surface area (Å²) in [5.41, 5.74) is 26.7. The Morgan fingerprint density at radius 3 is 1.99 bits per heavy atom. The van der Waals surface area contributed by atoms with Gasteiger partial charge in [-0.25, -0.2) is 0 Å². The first-order valence-electron chi connectivity index (χ1n) is 29.8. The third kappa shape index (κ3) is 7.14. The fourth-order valence-corrected chi connectivity index (χ4v) is 17.0. The Morgan fingerprint density at radius 2 is 1.21 bits per heavy atom. The highest BCUT2D eigenvalue weighted by Crippen LogP contribution is 2.58. The largest absolute Gasteiger partial charge is 0.454 e. The number of nitrogens with zero attached hydrogens (tertiary/aromatic N) is 3. The average Bonchev–Trinajstić information content (AvgIpc) is 2.56. The summed E-state index contributed by atoms with van der Waals surface area (Å²) in [6, 6.07) is 70.1. The number of anilines is 9. The van der Waals surface area contributed by atoms with Crippen LogP contribution in [0.5, 0.6) is 0 Å². The van der Waals surface area contributed by atoms with E-state index in [2.05, 4.69) is 252 Å². The van der Waals surface area contributed by atoms with Gasteiger partial charge in [-0.2, -0.15) is 0 Å².